The van der Waals surface area contributed by atoms with Crippen LogP contribution in [-0.2, 0) is 9.47 Å². The number of rotatable bonds is 4. The monoisotopic (exact) mass is 196 g/mol. The molecule has 64 valence electrons. The predicted octanol–water partition coefficient (Wildman–Crippen LogP) is 1.60. The second-order valence-corrected chi connectivity index (χ2v) is 4.70. The van der Waals surface area contributed by atoms with Crippen LogP contribution in [0, 0.1) is 5.92 Å². The van der Waals surface area contributed by atoms with Gasteiger partial charge >= 0.3 is 0 Å². The third-order valence-electron chi connectivity index (χ3n) is 1.98. The van der Waals surface area contributed by atoms with Gasteiger partial charge in [0.2, 0.25) is 0 Å². The zero-order valence-electron chi connectivity index (χ0n) is 6.06. The molecule has 0 amide bonds. The third kappa shape index (κ3) is 2.22. The van der Waals surface area contributed by atoms with Gasteiger partial charge in [0.1, 0.15) is 10.4 Å². The van der Waals surface area contributed by atoms with Crippen LogP contribution in [0.3, 0.4) is 0 Å². The number of hydrogen-bond donors (Lipinski definition) is 0. The highest BCUT2D eigenvalue weighted by molar-refractivity contribution is 6.50. The van der Waals surface area contributed by atoms with Crippen LogP contribution in [0.5, 0.6) is 0 Å². The van der Waals surface area contributed by atoms with Crippen LogP contribution in [-0.4, -0.2) is 30.3 Å². The van der Waals surface area contributed by atoms with Gasteiger partial charge in [0.05, 0.1) is 19.8 Å². The summed E-state index contributed by atoms with van der Waals surface area (Å²) in [4.78, 5) is 0. The molecular weight excluding hydrogens is 187 g/mol. The van der Waals surface area contributed by atoms with Crippen LogP contribution in [0.15, 0.2) is 0 Å². The lowest BCUT2D eigenvalue weighted by atomic mass is 10.4. The average Bonchev–Trinajstić information content (AvgIpc) is 2.75. The molecule has 0 N–H and O–H groups in total. The Morgan fingerprint density at radius 2 is 2.09 bits per heavy atom. The minimum Gasteiger partial charge on any atom is -0.378 e. The molecule has 2 unspecified atom stereocenters. The molecule has 0 spiro atoms. The van der Waals surface area contributed by atoms with E-state index in [0.717, 1.165) is 13.0 Å². The van der Waals surface area contributed by atoms with Gasteiger partial charge in [-0.2, -0.15) is 0 Å². The molecule has 0 radical (unpaired) electrons. The summed E-state index contributed by atoms with van der Waals surface area (Å²) < 4.78 is 9.80. The molecule has 0 aromatic rings. The van der Waals surface area contributed by atoms with Gasteiger partial charge in [-0.05, 0) is 6.42 Å². The fourth-order valence-electron chi connectivity index (χ4n) is 0.956. The lowest BCUT2D eigenvalue weighted by Gasteiger charge is -2.00. The van der Waals surface area contributed by atoms with Gasteiger partial charge in [0, 0.05) is 5.92 Å². The molecule has 0 aromatic heterocycles. The molecule has 1 saturated carbocycles. The highest BCUT2D eigenvalue weighted by atomic mass is 35.5. The van der Waals surface area contributed by atoms with Crippen LogP contribution >= 0.6 is 23.2 Å². The minimum atomic E-state index is -0.496. The van der Waals surface area contributed by atoms with E-state index in [9.17, 15) is 0 Å². The van der Waals surface area contributed by atoms with E-state index in [1.54, 1.807) is 0 Å². The number of epoxide rings is 1. The summed E-state index contributed by atoms with van der Waals surface area (Å²) >= 11 is 11.6. The summed E-state index contributed by atoms with van der Waals surface area (Å²) in [6.07, 6.45) is 1.20. The molecule has 4 heteroatoms. The van der Waals surface area contributed by atoms with Gasteiger partial charge in [0.25, 0.3) is 0 Å². The SMILES string of the molecule is ClC1(Cl)CC1COCC1CO1. The standard InChI is InChI=1S/C7H10Cl2O2/c8-7(9)1-5(7)2-10-3-6-4-11-6/h5-6H,1-4H2. The van der Waals surface area contributed by atoms with E-state index in [4.69, 9.17) is 32.7 Å². The van der Waals surface area contributed by atoms with Gasteiger partial charge < -0.3 is 9.47 Å². The van der Waals surface area contributed by atoms with Gasteiger partial charge in [0.15, 0.2) is 0 Å². The van der Waals surface area contributed by atoms with E-state index in [2.05, 4.69) is 0 Å². The van der Waals surface area contributed by atoms with Gasteiger partial charge in [-0.3, -0.25) is 0 Å². The molecular formula is C7H10Cl2O2. The largest absolute Gasteiger partial charge is 0.378 e. The quantitative estimate of drug-likeness (QED) is 0.504. The molecule has 2 fully saturated rings. The first-order valence-corrected chi connectivity index (χ1v) is 4.51. The van der Waals surface area contributed by atoms with Crippen molar-refractivity contribution in [2.24, 2.45) is 5.92 Å². The molecule has 1 aliphatic heterocycles. The van der Waals surface area contributed by atoms with E-state index in [1.165, 1.54) is 0 Å². The summed E-state index contributed by atoms with van der Waals surface area (Å²) in [5.74, 6) is 0.338. The third-order valence-corrected chi connectivity index (χ3v) is 2.91. The zero-order chi connectivity index (χ0) is 7.90. The molecule has 0 bridgehead atoms. The van der Waals surface area contributed by atoms with E-state index in [-0.39, 0.29) is 0 Å². The van der Waals surface area contributed by atoms with Crippen molar-refractivity contribution >= 4 is 23.2 Å². The van der Waals surface area contributed by atoms with Crippen LogP contribution < -0.4 is 0 Å². The zero-order valence-corrected chi connectivity index (χ0v) is 7.57. The van der Waals surface area contributed by atoms with Crippen molar-refractivity contribution in [1.29, 1.82) is 0 Å². The first kappa shape index (κ1) is 8.11. The highest BCUT2D eigenvalue weighted by Crippen LogP contribution is 2.53. The smallest absolute Gasteiger partial charge is 0.123 e. The summed E-state index contributed by atoms with van der Waals surface area (Å²) in [6.45, 7) is 2.21. The maximum atomic E-state index is 5.79. The Bertz CT molecular complexity index is 157. The Labute approximate surface area is 75.8 Å². The Morgan fingerprint density at radius 1 is 1.45 bits per heavy atom. The van der Waals surface area contributed by atoms with Crippen molar-refractivity contribution in [3.8, 4) is 0 Å². The summed E-state index contributed by atoms with van der Waals surface area (Å²) in [7, 11) is 0. The topological polar surface area (TPSA) is 21.8 Å². The van der Waals surface area contributed by atoms with E-state index < -0.39 is 4.33 Å². The van der Waals surface area contributed by atoms with Crippen molar-refractivity contribution < 1.29 is 9.47 Å². The molecule has 1 heterocycles. The number of alkyl halides is 2. The molecule has 1 aliphatic carbocycles. The van der Waals surface area contributed by atoms with Gasteiger partial charge in [-0.15, -0.1) is 23.2 Å². The molecule has 11 heavy (non-hydrogen) atoms. The molecule has 2 aliphatic rings. The van der Waals surface area contributed by atoms with Crippen molar-refractivity contribution in [2.45, 2.75) is 16.9 Å². The van der Waals surface area contributed by atoms with Crippen LogP contribution in [0.1, 0.15) is 6.42 Å². The van der Waals surface area contributed by atoms with E-state index in [0.29, 0.717) is 25.2 Å². The normalized spacial score (nSPS) is 38.7. The van der Waals surface area contributed by atoms with Crippen molar-refractivity contribution in [1.82, 2.24) is 0 Å². The summed E-state index contributed by atoms with van der Waals surface area (Å²) in [6, 6.07) is 0. The number of halogens is 2. The van der Waals surface area contributed by atoms with Crippen molar-refractivity contribution in [3.05, 3.63) is 0 Å². The molecule has 2 atom stereocenters. The second kappa shape index (κ2) is 2.77. The number of hydrogen-bond acceptors (Lipinski definition) is 2. The van der Waals surface area contributed by atoms with Crippen molar-refractivity contribution in [3.63, 3.8) is 0 Å². The molecule has 1 saturated heterocycles. The second-order valence-electron chi connectivity index (χ2n) is 3.15. The van der Waals surface area contributed by atoms with Crippen LogP contribution in [0.2, 0.25) is 0 Å². The first-order valence-electron chi connectivity index (χ1n) is 3.75. The van der Waals surface area contributed by atoms with Crippen LogP contribution in [0.25, 0.3) is 0 Å². The Hall–Kier alpha value is 0.500. The van der Waals surface area contributed by atoms with Gasteiger partial charge in [-0.1, -0.05) is 0 Å². The maximum absolute atomic E-state index is 5.79. The Balaban J connectivity index is 1.54. The summed E-state index contributed by atoms with van der Waals surface area (Å²) in [5.41, 5.74) is 0. The first-order chi connectivity index (χ1) is 5.18. The Morgan fingerprint density at radius 3 is 2.55 bits per heavy atom. The highest BCUT2D eigenvalue weighted by Gasteiger charge is 2.51. The predicted molar refractivity (Wildman–Crippen MR) is 43.1 cm³/mol. The lowest BCUT2D eigenvalue weighted by molar-refractivity contribution is 0.107. The van der Waals surface area contributed by atoms with Crippen molar-refractivity contribution in [2.75, 3.05) is 19.8 Å². The fraction of sp³-hybridized carbons (Fsp3) is 1.00. The molecule has 2 nitrogen and oxygen atoms in total. The fourth-order valence-corrected chi connectivity index (χ4v) is 1.45. The minimum absolute atomic E-state index is 0.338. The Kier molecular flexibility index (Phi) is 2.04. The molecule has 0 aromatic carbocycles. The van der Waals surface area contributed by atoms with E-state index >= 15 is 0 Å². The average molecular weight is 197 g/mol. The number of ether oxygens (including phenoxy) is 2. The van der Waals surface area contributed by atoms with Crippen LogP contribution in [0.4, 0.5) is 0 Å². The van der Waals surface area contributed by atoms with E-state index in [1.807, 2.05) is 0 Å². The molecule has 2 rings (SSSR count). The van der Waals surface area contributed by atoms with Gasteiger partial charge in [-0.25, -0.2) is 0 Å². The maximum Gasteiger partial charge on any atom is 0.123 e. The lowest BCUT2D eigenvalue weighted by Crippen LogP contribution is -2.06. The summed E-state index contributed by atoms with van der Waals surface area (Å²) in [5, 5.41) is 0.